The molecule has 90 valence electrons. The lowest BCUT2D eigenvalue weighted by atomic mass is 10.5. The van der Waals surface area contributed by atoms with Crippen molar-refractivity contribution in [3.63, 3.8) is 0 Å². The van der Waals surface area contributed by atoms with Crippen LogP contribution in [0.4, 0.5) is 5.82 Å². The van der Waals surface area contributed by atoms with Gasteiger partial charge in [0, 0.05) is 19.0 Å². The van der Waals surface area contributed by atoms with E-state index in [1.54, 1.807) is 12.4 Å². The fourth-order valence-electron chi connectivity index (χ4n) is 1.30. The number of ether oxygens (including phenoxy) is 1. The lowest BCUT2D eigenvalue weighted by Gasteiger charge is -2.20. The van der Waals surface area contributed by atoms with Gasteiger partial charge in [0.05, 0.1) is 19.0 Å². The topological polar surface area (TPSA) is 38.2 Å². The number of hydrogen-bond donors (Lipinski definition) is 0. The molecule has 0 atom stereocenters. The highest BCUT2D eigenvalue weighted by Gasteiger charge is 2.06. The molecule has 0 aliphatic heterocycles. The van der Waals surface area contributed by atoms with E-state index in [-0.39, 0.29) is 0 Å². The third-order valence-corrected chi connectivity index (χ3v) is 2.28. The van der Waals surface area contributed by atoms with Crippen LogP contribution in [0.15, 0.2) is 12.4 Å². The van der Waals surface area contributed by atoms with Crippen molar-refractivity contribution in [2.75, 3.05) is 30.5 Å². The summed E-state index contributed by atoms with van der Waals surface area (Å²) in [6.45, 7) is 6.42. The Kier molecular flexibility index (Phi) is 5.93. The first-order chi connectivity index (χ1) is 7.81. The van der Waals surface area contributed by atoms with Crippen LogP contribution in [0.3, 0.4) is 0 Å². The molecule has 0 aliphatic rings. The van der Waals surface area contributed by atoms with Gasteiger partial charge in [-0.15, -0.1) is 11.6 Å². The molecule has 0 fully saturated rings. The number of anilines is 1. The highest BCUT2D eigenvalue weighted by atomic mass is 35.5. The van der Waals surface area contributed by atoms with Gasteiger partial charge in [0.1, 0.15) is 0 Å². The molecule has 0 unspecified atom stereocenters. The summed E-state index contributed by atoms with van der Waals surface area (Å²) < 4.78 is 5.44. The number of halogens is 1. The lowest BCUT2D eigenvalue weighted by Crippen LogP contribution is -2.26. The van der Waals surface area contributed by atoms with Crippen LogP contribution in [0.5, 0.6) is 5.88 Å². The molecule has 0 aromatic carbocycles. The summed E-state index contributed by atoms with van der Waals surface area (Å²) in [6.07, 6.45) is 4.33. The van der Waals surface area contributed by atoms with Gasteiger partial charge in [0.15, 0.2) is 5.82 Å². The van der Waals surface area contributed by atoms with Crippen molar-refractivity contribution in [3.8, 4) is 5.88 Å². The minimum atomic E-state index is 0.576. The smallest absolute Gasteiger partial charge is 0.234 e. The summed E-state index contributed by atoms with van der Waals surface area (Å²) in [4.78, 5) is 10.6. The second-order valence-corrected chi connectivity index (χ2v) is 3.71. The van der Waals surface area contributed by atoms with E-state index in [0.717, 1.165) is 25.3 Å². The summed E-state index contributed by atoms with van der Waals surface area (Å²) >= 11 is 5.73. The SMILES string of the molecule is CCCOc1cncc(N(CC)CCCl)n1. The van der Waals surface area contributed by atoms with Crippen molar-refractivity contribution in [1.82, 2.24) is 9.97 Å². The van der Waals surface area contributed by atoms with Crippen LogP contribution in [0.25, 0.3) is 0 Å². The predicted octanol–water partition coefficient (Wildman–Crippen LogP) is 2.33. The summed E-state index contributed by atoms with van der Waals surface area (Å²) in [6, 6.07) is 0. The minimum absolute atomic E-state index is 0.576. The van der Waals surface area contributed by atoms with E-state index in [9.17, 15) is 0 Å². The Morgan fingerprint density at radius 2 is 2.19 bits per heavy atom. The Labute approximate surface area is 102 Å². The monoisotopic (exact) mass is 243 g/mol. The largest absolute Gasteiger partial charge is 0.477 e. The number of aromatic nitrogens is 2. The van der Waals surface area contributed by atoms with Crippen LogP contribution in [0.1, 0.15) is 20.3 Å². The predicted molar refractivity (Wildman–Crippen MR) is 66.4 cm³/mol. The number of nitrogens with zero attached hydrogens (tertiary/aromatic N) is 3. The van der Waals surface area contributed by atoms with Gasteiger partial charge in [-0.25, -0.2) is 0 Å². The first-order valence-corrected chi connectivity index (χ1v) is 6.11. The average molecular weight is 244 g/mol. The fourth-order valence-corrected chi connectivity index (χ4v) is 1.51. The van der Waals surface area contributed by atoms with Crippen LogP contribution in [-0.2, 0) is 0 Å². The van der Waals surface area contributed by atoms with Crippen LogP contribution < -0.4 is 9.64 Å². The molecule has 1 heterocycles. The van der Waals surface area contributed by atoms with Crippen molar-refractivity contribution < 1.29 is 4.74 Å². The van der Waals surface area contributed by atoms with Gasteiger partial charge in [0.25, 0.3) is 0 Å². The van der Waals surface area contributed by atoms with E-state index in [2.05, 4.69) is 28.7 Å². The Balaban J connectivity index is 2.71. The molecule has 1 rings (SSSR count). The lowest BCUT2D eigenvalue weighted by molar-refractivity contribution is 0.304. The van der Waals surface area contributed by atoms with Crippen LogP contribution in [-0.4, -0.2) is 35.5 Å². The highest BCUT2D eigenvalue weighted by Crippen LogP contribution is 2.13. The molecule has 0 radical (unpaired) electrons. The van der Waals surface area contributed by atoms with E-state index >= 15 is 0 Å². The molecule has 1 aromatic rings. The molecule has 0 saturated heterocycles. The molecule has 0 amide bonds. The highest BCUT2D eigenvalue weighted by molar-refractivity contribution is 6.18. The van der Waals surface area contributed by atoms with Crippen LogP contribution in [0, 0.1) is 0 Å². The summed E-state index contributed by atoms with van der Waals surface area (Å²) in [5, 5.41) is 0. The van der Waals surface area contributed by atoms with Gasteiger partial charge in [0.2, 0.25) is 5.88 Å². The van der Waals surface area contributed by atoms with Gasteiger partial charge in [-0.05, 0) is 13.3 Å². The van der Waals surface area contributed by atoms with E-state index in [0.29, 0.717) is 18.4 Å². The molecule has 5 heteroatoms. The second-order valence-electron chi connectivity index (χ2n) is 3.33. The second kappa shape index (κ2) is 7.28. The first kappa shape index (κ1) is 13.0. The summed E-state index contributed by atoms with van der Waals surface area (Å²) in [7, 11) is 0. The van der Waals surface area contributed by atoms with E-state index in [1.165, 1.54) is 0 Å². The molecule has 4 nitrogen and oxygen atoms in total. The quantitative estimate of drug-likeness (QED) is 0.689. The molecule has 0 bridgehead atoms. The summed E-state index contributed by atoms with van der Waals surface area (Å²) in [5.41, 5.74) is 0. The van der Waals surface area contributed by atoms with Crippen LogP contribution >= 0.6 is 11.6 Å². The van der Waals surface area contributed by atoms with Crippen molar-refractivity contribution in [2.24, 2.45) is 0 Å². The number of rotatable bonds is 7. The Hall–Kier alpha value is -1.03. The maximum atomic E-state index is 5.73. The maximum Gasteiger partial charge on any atom is 0.234 e. The minimum Gasteiger partial charge on any atom is -0.477 e. The molecule has 0 saturated carbocycles. The Bertz CT molecular complexity index is 309. The van der Waals surface area contributed by atoms with Crippen molar-refractivity contribution in [3.05, 3.63) is 12.4 Å². The maximum absolute atomic E-state index is 5.73. The average Bonchev–Trinajstić information content (AvgIpc) is 2.33. The van der Waals surface area contributed by atoms with Gasteiger partial charge in [-0.3, -0.25) is 4.98 Å². The van der Waals surface area contributed by atoms with Crippen molar-refractivity contribution in [1.29, 1.82) is 0 Å². The zero-order valence-electron chi connectivity index (χ0n) is 9.82. The molecule has 0 spiro atoms. The molecule has 0 N–H and O–H groups in total. The van der Waals surface area contributed by atoms with Crippen molar-refractivity contribution >= 4 is 17.4 Å². The number of alkyl halides is 1. The standard InChI is InChI=1S/C11H18ClN3O/c1-3-7-16-11-9-13-8-10(14-11)15(4-2)6-5-12/h8-9H,3-7H2,1-2H3. The van der Waals surface area contributed by atoms with E-state index in [1.807, 2.05) is 0 Å². The molecular formula is C11H18ClN3O. The summed E-state index contributed by atoms with van der Waals surface area (Å²) in [5.74, 6) is 1.97. The fraction of sp³-hybridized carbons (Fsp3) is 0.636. The molecule has 16 heavy (non-hydrogen) atoms. The molecule has 0 aliphatic carbocycles. The molecular weight excluding hydrogens is 226 g/mol. The van der Waals surface area contributed by atoms with E-state index < -0.39 is 0 Å². The van der Waals surface area contributed by atoms with Gasteiger partial charge in [-0.1, -0.05) is 6.92 Å². The number of hydrogen-bond acceptors (Lipinski definition) is 4. The zero-order chi connectivity index (χ0) is 11.8. The van der Waals surface area contributed by atoms with Gasteiger partial charge < -0.3 is 9.64 Å². The van der Waals surface area contributed by atoms with Gasteiger partial charge >= 0.3 is 0 Å². The van der Waals surface area contributed by atoms with E-state index in [4.69, 9.17) is 16.3 Å². The van der Waals surface area contributed by atoms with Crippen molar-refractivity contribution in [2.45, 2.75) is 20.3 Å². The normalized spacial score (nSPS) is 10.2. The molecule has 1 aromatic heterocycles. The Morgan fingerprint density at radius 3 is 2.81 bits per heavy atom. The van der Waals surface area contributed by atoms with Crippen LogP contribution in [0.2, 0.25) is 0 Å². The van der Waals surface area contributed by atoms with Gasteiger partial charge in [-0.2, -0.15) is 4.98 Å². The first-order valence-electron chi connectivity index (χ1n) is 5.57. The Morgan fingerprint density at radius 1 is 1.38 bits per heavy atom. The zero-order valence-corrected chi connectivity index (χ0v) is 10.6. The third kappa shape index (κ3) is 3.85. The third-order valence-electron chi connectivity index (χ3n) is 2.11.